The van der Waals surface area contributed by atoms with Gasteiger partial charge in [-0.25, -0.2) is 4.98 Å². The highest BCUT2D eigenvalue weighted by molar-refractivity contribution is 7.13. The van der Waals surface area contributed by atoms with E-state index in [1.807, 2.05) is 45.3 Å². The van der Waals surface area contributed by atoms with Gasteiger partial charge < -0.3 is 31.1 Å². The van der Waals surface area contributed by atoms with Crippen LogP contribution in [0.1, 0.15) is 57.7 Å². The number of carbonyl (C=O) groups is 3. The number of aryl methyl sites for hydroxylation is 1. The number of likely N-dealkylation sites (tertiary alicyclic amines) is 2. The van der Waals surface area contributed by atoms with Gasteiger partial charge in [0.1, 0.15) is 12.1 Å². The second kappa shape index (κ2) is 16.7. The Hall–Kier alpha value is -2.90. The molecule has 0 saturated carbocycles. The van der Waals surface area contributed by atoms with Crippen LogP contribution in [0.15, 0.2) is 29.8 Å². The van der Waals surface area contributed by atoms with Gasteiger partial charge in [-0.05, 0) is 68.2 Å². The van der Waals surface area contributed by atoms with E-state index < -0.39 is 17.5 Å². The first-order chi connectivity index (χ1) is 23.0. The summed E-state index contributed by atoms with van der Waals surface area (Å²) in [5.41, 5.74) is 10.2. The molecule has 4 N–H and O–H groups in total. The second-order valence-electron chi connectivity index (χ2n) is 14.9. The standard InChI is InChI=1S/C36H56N8O3S/c1-26-32(48-25-39-26)29-9-7-27(8-10-29)22-38-34(46)30-6-5-14-44(30)35(47)33(36(2,3)4)40-31(45)24-43-20-18-42(19-21-43)23-28-11-15-41(16-12-28)17-13-37/h7-10,25,28,30,33H,5-6,11-24,37H2,1-4H3,(H,38,46)(H,40,45). The summed E-state index contributed by atoms with van der Waals surface area (Å²) in [6.07, 6.45) is 3.83. The van der Waals surface area contributed by atoms with E-state index in [1.54, 1.807) is 16.2 Å². The van der Waals surface area contributed by atoms with Gasteiger partial charge in [0.25, 0.3) is 0 Å². The number of benzene rings is 1. The Bertz CT molecular complexity index is 1360. The lowest BCUT2D eigenvalue weighted by molar-refractivity contribution is -0.144. The minimum Gasteiger partial charge on any atom is -0.350 e. The fourth-order valence-electron chi connectivity index (χ4n) is 7.26. The van der Waals surface area contributed by atoms with E-state index in [0.717, 1.165) is 92.9 Å². The number of nitrogens with one attached hydrogen (secondary N) is 2. The highest BCUT2D eigenvalue weighted by Gasteiger charge is 2.42. The van der Waals surface area contributed by atoms with Crippen molar-refractivity contribution in [3.63, 3.8) is 0 Å². The summed E-state index contributed by atoms with van der Waals surface area (Å²) < 4.78 is 0. The van der Waals surface area contributed by atoms with Crippen molar-refractivity contribution < 1.29 is 14.4 Å². The second-order valence-corrected chi connectivity index (χ2v) is 15.7. The van der Waals surface area contributed by atoms with Crippen LogP contribution in [0.2, 0.25) is 0 Å². The minimum atomic E-state index is -0.715. The van der Waals surface area contributed by atoms with E-state index in [2.05, 4.69) is 42.5 Å². The van der Waals surface area contributed by atoms with Crippen LogP contribution < -0.4 is 16.4 Å². The number of piperidine rings is 1. The van der Waals surface area contributed by atoms with Gasteiger partial charge in [-0.15, -0.1) is 11.3 Å². The van der Waals surface area contributed by atoms with E-state index in [0.29, 0.717) is 19.5 Å². The number of hydrogen-bond donors (Lipinski definition) is 3. The zero-order valence-electron chi connectivity index (χ0n) is 29.4. The van der Waals surface area contributed by atoms with E-state index in [9.17, 15) is 14.4 Å². The van der Waals surface area contributed by atoms with Crippen LogP contribution in [-0.2, 0) is 20.9 Å². The molecule has 0 spiro atoms. The van der Waals surface area contributed by atoms with Gasteiger partial charge in [-0.1, -0.05) is 45.0 Å². The summed E-state index contributed by atoms with van der Waals surface area (Å²) in [6.45, 7) is 17.8. The molecule has 5 rings (SSSR count). The SMILES string of the molecule is Cc1ncsc1-c1ccc(CNC(=O)C2CCCN2C(=O)C(NC(=O)CN2CCN(CC3CCN(CCN)CC3)CC2)C(C)(C)C)cc1. The molecule has 3 aliphatic heterocycles. The fourth-order valence-corrected chi connectivity index (χ4v) is 8.07. The van der Waals surface area contributed by atoms with Crippen molar-refractivity contribution >= 4 is 29.1 Å². The minimum absolute atomic E-state index is 0.138. The molecule has 0 bridgehead atoms. The molecule has 2 atom stereocenters. The van der Waals surface area contributed by atoms with Crippen molar-refractivity contribution in [1.29, 1.82) is 0 Å². The normalized spacial score (nSPS) is 20.9. The first kappa shape index (κ1) is 36.4. The molecular formula is C36H56N8O3S. The molecule has 1 aromatic heterocycles. The molecular weight excluding hydrogens is 625 g/mol. The number of rotatable bonds is 12. The first-order valence-electron chi connectivity index (χ1n) is 17.8. The maximum absolute atomic E-state index is 14.0. The third-order valence-corrected chi connectivity index (χ3v) is 11.2. The number of carbonyl (C=O) groups excluding carboxylic acids is 3. The number of piperazine rings is 1. The largest absolute Gasteiger partial charge is 0.350 e. The molecule has 0 aliphatic carbocycles. The first-order valence-corrected chi connectivity index (χ1v) is 18.6. The van der Waals surface area contributed by atoms with Crippen LogP contribution in [-0.4, -0.2) is 126 Å². The molecule has 3 saturated heterocycles. The Balaban J connectivity index is 1.08. The number of nitrogens with zero attached hydrogens (tertiary/aromatic N) is 5. The van der Waals surface area contributed by atoms with Crippen molar-refractivity contribution in [3.8, 4) is 10.4 Å². The van der Waals surface area contributed by atoms with E-state index in [1.165, 1.54) is 12.8 Å². The van der Waals surface area contributed by atoms with Gasteiger partial charge in [0.15, 0.2) is 0 Å². The molecule has 3 amide bonds. The molecule has 12 heteroatoms. The zero-order valence-corrected chi connectivity index (χ0v) is 30.2. The number of amides is 3. The van der Waals surface area contributed by atoms with Crippen LogP contribution in [0, 0.1) is 18.3 Å². The van der Waals surface area contributed by atoms with Crippen molar-refractivity contribution in [2.45, 2.75) is 72.0 Å². The molecule has 4 heterocycles. The summed E-state index contributed by atoms with van der Waals surface area (Å²) in [6, 6.07) is 6.89. The fraction of sp³-hybridized carbons (Fsp3) is 0.667. The van der Waals surface area contributed by atoms with Crippen molar-refractivity contribution in [3.05, 3.63) is 41.0 Å². The number of aromatic nitrogens is 1. The van der Waals surface area contributed by atoms with Gasteiger partial charge in [0, 0.05) is 58.9 Å². The summed E-state index contributed by atoms with van der Waals surface area (Å²) in [7, 11) is 0. The predicted octanol–water partition coefficient (Wildman–Crippen LogP) is 2.54. The molecule has 1 aromatic carbocycles. The molecule has 264 valence electrons. The maximum atomic E-state index is 14.0. The molecule has 48 heavy (non-hydrogen) atoms. The zero-order chi connectivity index (χ0) is 34.3. The lowest BCUT2D eigenvalue weighted by Crippen LogP contribution is -2.59. The molecule has 11 nitrogen and oxygen atoms in total. The van der Waals surface area contributed by atoms with Crippen molar-refractivity contribution in [1.82, 2.24) is 35.2 Å². The third-order valence-electron chi connectivity index (χ3n) is 10.2. The predicted molar refractivity (Wildman–Crippen MR) is 191 cm³/mol. The smallest absolute Gasteiger partial charge is 0.246 e. The molecule has 2 unspecified atom stereocenters. The Morgan fingerprint density at radius 1 is 0.958 bits per heavy atom. The molecule has 3 aliphatic rings. The molecule has 0 radical (unpaired) electrons. The Kier molecular flexibility index (Phi) is 12.6. The molecule has 3 fully saturated rings. The van der Waals surface area contributed by atoms with E-state index >= 15 is 0 Å². The lowest BCUT2D eigenvalue weighted by atomic mass is 9.85. The average Bonchev–Trinajstić information content (AvgIpc) is 3.73. The Morgan fingerprint density at radius 3 is 2.27 bits per heavy atom. The van der Waals surface area contributed by atoms with Gasteiger partial charge in [-0.3, -0.25) is 19.3 Å². The number of nitrogens with two attached hydrogens (primary N) is 1. The highest BCUT2D eigenvalue weighted by atomic mass is 32.1. The quantitative estimate of drug-likeness (QED) is 0.313. The van der Waals surface area contributed by atoms with Gasteiger partial charge in [-0.2, -0.15) is 0 Å². The average molecular weight is 681 g/mol. The van der Waals surface area contributed by atoms with Gasteiger partial charge in [0.05, 0.1) is 22.6 Å². The van der Waals surface area contributed by atoms with E-state index in [-0.39, 0.29) is 24.3 Å². The maximum Gasteiger partial charge on any atom is 0.246 e. The van der Waals surface area contributed by atoms with Gasteiger partial charge >= 0.3 is 0 Å². The number of thiazole rings is 1. The van der Waals surface area contributed by atoms with E-state index in [4.69, 9.17) is 5.73 Å². The summed E-state index contributed by atoms with van der Waals surface area (Å²) in [5, 5.41) is 6.13. The van der Waals surface area contributed by atoms with Crippen LogP contribution in [0.25, 0.3) is 10.4 Å². The summed E-state index contributed by atoms with van der Waals surface area (Å²) in [5.74, 6) is 0.261. The van der Waals surface area contributed by atoms with Crippen LogP contribution in [0.4, 0.5) is 0 Å². The monoisotopic (exact) mass is 680 g/mol. The molecule has 2 aromatic rings. The Morgan fingerprint density at radius 2 is 1.65 bits per heavy atom. The van der Waals surface area contributed by atoms with Crippen molar-refractivity contribution in [2.75, 3.05) is 72.0 Å². The lowest BCUT2D eigenvalue weighted by Gasteiger charge is -2.39. The van der Waals surface area contributed by atoms with Gasteiger partial charge in [0.2, 0.25) is 17.7 Å². The van der Waals surface area contributed by atoms with Crippen LogP contribution >= 0.6 is 11.3 Å². The summed E-state index contributed by atoms with van der Waals surface area (Å²) >= 11 is 1.62. The van der Waals surface area contributed by atoms with Crippen molar-refractivity contribution in [2.24, 2.45) is 17.1 Å². The van der Waals surface area contributed by atoms with Crippen LogP contribution in [0.3, 0.4) is 0 Å². The number of hydrogen-bond acceptors (Lipinski definition) is 9. The highest BCUT2D eigenvalue weighted by Crippen LogP contribution is 2.28. The van der Waals surface area contributed by atoms with Crippen LogP contribution in [0.5, 0.6) is 0 Å². The summed E-state index contributed by atoms with van der Waals surface area (Å²) in [4.78, 5) is 55.0. The Labute approximate surface area is 290 Å². The topological polar surface area (TPSA) is 127 Å². The third kappa shape index (κ3) is 9.62.